The fourth-order valence-corrected chi connectivity index (χ4v) is 3.27. The quantitative estimate of drug-likeness (QED) is 0.558. The summed E-state index contributed by atoms with van der Waals surface area (Å²) in [5.74, 6) is -0.108. The summed E-state index contributed by atoms with van der Waals surface area (Å²) in [7, 11) is 0. The van der Waals surface area contributed by atoms with E-state index >= 15 is 0 Å². The van der Waals surface area contributed by atoms with Gasteiger partial charge in [-0.3, -0.25) is 9.78 Å². The summed E-state index contributed by atoms with van der Waals surface area (Å²) in [6, 6.07) is 2.22. The highest BCUT2D eigenvalue weighted by Crippen LogP contribution is 2.30. The molecule has 1 aliphatic rings. The molecule has 3 aromatic heterocycles. The molecule has 0 saturated carbocycles. The van der Waals surface area contributed by atoms with Gasteiger partial charge in [0.25, 0.3) is 11.8 Å². The summed E-state index contributed by atoms with van der Waals surface area (Å²) in [5.41, 5.74) is 0.744. The molecule has 2 atom stereocenters. The van der Waals surface area contributed by atoms with Crippen LogP contribution in [0, 0.1) is 5.82 Å². The molecule has 9 nitrogen and oxygen atoms in total. The number of carbonyl (C=O) groups is 1. The van der Waals surface area contributed by atoms with Crippen LogP contribution >= 0.6 is 0 Å². The number of aromatic nitrogens is 4. The van der Waals surface area contributed by atoms with Gasteiger partial charge in [-0.1, -0.05) is 0 Å². The van der Waals surface area contributed by atoms with E-state index in [0.29, 0.717) is 43.3 Å². The van der Waals surface area contributed by atoms with E-state index < -0.39 is 23.9 Å². The van der Waals surface area contributed by atoms with Crippen LogP contribution in [0.5, 0.6) is 17.4 Å². The Morgan fingerprint density at radius 2 is 2.00 bits per heavy atom. The maximum atomic E-state index is 14.0. The minimum atomic E-state index is -1.09. The number of nitrogens with one attached hydrogen (secondary N) is 2. The second kappa shape index (κ2) is 10.3. The number of piperidine rings is 1. The Kier molecular flexibility index (Phi) is 6.98. The standard InChI is InChI=1S/C22H22F2N6O3/c1-2-32-19-6-15(23)10-29-22(19)33-16-5-13(7-26-11-16)20-27-8-14(9-28-20)21(31)30-18-12-25-4-3-17(18)24/h5-11,17-18,25H,2-4,12H2,1H3,(H,30,31)/t17-,18?/m0/s1. The zero-order chi connectivity index (χ0) is 23.2. The van der Waals surface area contributed by atoms with Crippen LogP contribution < -0.4 is 20.1 Å². The third-order valence-electron chi connectivity index (χ3n) is 4.90. The number of amides is 1. The smallest absolute Gasteiger partial charge is 0.262 e. The molecule has 0 radical (unpaired) electrons. The van der Waals surface area contributed by atoms with Crippen molar-refractivity contribution in [1.29, 1.82) is 0 Å². The number of halogens is 2. The van der Waals surface area contributed by atoms with Gasteiger partial charge in [-0.15, -0.1) is 0 Å². The molecule has 4 rings (SSSR count). The second-order valence-corrected chi connectivity index (χ2v) is 7.29. The van der Waals surface area contributed by atoms with Gasteiger partial charge in [-0.05, 0) is 26.0 Å². The minimum Gasteiger partial charge on any atom is -0.488 e. The Morgan fingerprint density at radius 3 is 2.76 bits per heavy atom. The van der Waals surface area contributed by atoms with Crippen molar-refractivity contribution in [1.82, 2.24) is 30.6 Å². The number of pyridine rings is 2. The first-order chi connectivity index (χ1) is 16.0. The van der Waals surface area contributed by atoms with Gasteiger partial charge in [0.15, 0.2) is 11.6 Å². The number of ether oxygens (including phenoxy) is 2. The molecule has 4 heterocycles. The first kappa shape index (κ1) is 22.5. The molecule has 1 unspecified atom stereocenters. The van der Waals surface area contributed by atoms with Crippen molar-refractivity contribution >= 4 is 5.91 Å². The van der Waals surface area contributed by atoms with Crippen LogP contribution in [0.3, 0.4) is 0 Å². The highest BCUT2D eigenvalue weighted by atomic mass is 19.1. The van der Waals surface area contributed by atoms with Gasteiger partial charge < -0.3 is 20.1 Å². The largest absolute Gasteiger partial charge is 0.488 e. The summed E-state index contributed by atoms with van der Waals surface area (Å²) in [6.07, 6.45) is 6.00. The number of hydrogen-bond acceptors (Lipinski definition) is 8. The van der Waals surface area contributed by atoms with Crippen molar-refractivity contribution in [2.24, 2.45) is 0 Å². The van der Waals surface area contributed by atoms with Gasteiger partial charge in [0, 0.05) is 36.8 Å². The molecule has 1 amide bonds. The lowest BCUT2D eigenvalue weighted by Gasteiger charge is -2.27. The van der Waals surface area contributed by atoms with Gasteiger partial charge >= 0.3 is 0 Å². The van der Waals surface area contributed by atoms with Crippen molar-refractivity contribution in [3.63, 3.8) is 0 Å². The highest BCUT2D eigenvalue weighted by molar-refractivity contribution is 5.94. The first-order valence-corrected chi connectivity index (χ1v) is 10.4. The van der Waals surface area contributed by atoms with Gasteiger partial charge in [0.05, 0.1) is 30.6 Å². The lowest BCUT2D eigenvalue weighted by Crippen LogP contribution is -2.52. The number of carbonyl (C=O) groups excluding carboxylic acids is 1. The fourth-order valence-electron chi connectivity index (χ4n) is 3.27. The number of alkyl halides is 1. The van der Waals surface area contributed by atoms with E-state index in [-0.39, 0.29) is 17.2 Å². The molecule has 0 aromatic carbocycles. The number of rotatable bonds is 7. The van der Waals surface area contributed by atoms with Gasteiger partial charge in [-0.2, -0.15) is 0 Å². The first-order valence-electron chi connectivity index (χ1n) is 10.4. The van der Waals surface area contributed by atoms with E-state index in [0.717, 1.165) is 6.20 Å². The molecular formula is C22H22F2N6O3. The Hall–Kier alpha value is -3.73. The molecule has 2 N–H and O–H groups in total. The topological polar surface area (TPSA) is 111 Å². The molecule has 1 saturated heterocycles. The van der Waals surface area contributed by atoms with E-state index in [2.05, 4.69) is 30.6 Å². The molecule has 172 valence electrons. The summed E-state index contributed by atoms with van der Waals surface area (Å²) in [6.45, 7) is 3.04. The van der Waals surface area contributed by atoms with E-state index in [1.165, 1.54) is 30.9 Å². The maximum Gasteiger partial charge on any atom is 0.262 e. The number of hydrogen-bond donors (Lipinski definition) is 2. The second-order valence-electron chi connectivity index (χ2n) is 7.29. The average molecular weight is 456 g/mol. The van der Waals surface area contributed by atoms with Crippen molar-refractivity contribution in [2.45, 2.75) is 25.6 Å². The highest BCUT2D eigenvalue weighted by Gasteiger charge is 2.26. The SMILES string of the molecule is CCOc1cc(F)cnc1Oc1cncc(-c2ncc(C(=O)NC3CNCC[C@@H]3F)cn2)c1. The molecule has 33 heavy (non-hydrogen) atoms. The minimum absolute atomic E-state index is 0.0912. The van der Waals surface area contributed by atoms with Crippen LogP contribution in [0.25, 0.3) is 11.4 Å². The predicted molar refractivity (Wildman–Crippen MR) is 114 cm³/mol. The van der Waals surface area contributed by atoms with Crippen molar-refractivity contribution in [3.05, 3.63) is 54.5 Å². The molecule has 3 aromatic rings. The van der Waals surface area contributed by atoms with E-state index in [1.807, 2.05) is 0 Å². The average Bonchev–Trinajstić information content (AvgIpc) is 2.83. The lowest BCUT2D eigenvalue weighted by atomic mass is 10.1. The van der Waals surface area contributed by atoms with Gasteiger partial charge in [-0.25, -0.2) is 23.7 Å². The van der Waals surface area contributed by atoms with Crippen molar-refractivity contribution < 1.29 is 23.0 Å². The van der Waals surface area contributed by atoms with Crippen LogP contribution in [-0.2, 0) is 0 Å². The van der Waals surface area contributed by atoms with Gasteiger partial charge in [0.2, 0.25) is 0 Å². The van der Waals surface area contributed by atoms with Crippen LogP contribution in [0.2, 0.25) is 0 Å². The normalized spacial score (nSPS) is 17.9. The van der Waals surface area contributed by atoms with E-state index in [9.17, 15) is 13.6 Å². The van der Waals surface area contributed by atoms with Crippen LogP contribution in [0.4, 0.5) is 8.78 Å². The van der Waals surface area contributed by atoms with E-state index in [1.54, 1.807) is 13.0 Å². The fraction of sp³-hybridized carbons (Fsp3) is 0.318. The Balaban J connectivity index is 1.47. The van der Waals surface area contributed by atoms with E-state index in [4.69, 9.17) is 9.47 Å². The third kappa shape index (κ3) is 5.55. The molecule has 0 aliphatic carbocycles. The van der Waals surface area contributed by atoms with Crippen LogP contribution in [0.1, 0.15) is 23.7 Å². The summed E-state index contributed by atoms with van der Waals surface area (Å²) < 4.78 is 38.5. The zero-order valence-electron chi connectivity index (χ0n) is 17.8. The van der Waals surface area contributed by atoms with Crippen molar-refractivity contribution in [3.8, 4) is 28.8 Å². The predicted octanol–water partition coefficient (Wildman–Crippen LogP) is 2.69. The molecular weight excluding hydrogens is 434 g/mol. The molecule has 1 fully saturated rings. The van der Waals surface area contributed by atoms with Crippen LogP contribution in [-0.4, -0.2) is 57.8 Å². The Morgan fingerprint density at radius 1 is 1.18 bits per heavy atom. The van der Waals surface area contributed by atoms with Crippen LogP contribution in [0.15, 0.2) is 43.1 Å². The Bertz CT molecular complexity index is 1120. The molecule has 1 aliphatic heterocycles. The maximum absolute atomic E-state index is 14.0. The summed E-state index contributed by atoms with van der Waals surface area (Å²) in [5, 5.41) is 5.72. The lowest BCUT2D eigenvalue weighted by molar-refractivity contribution is 0.0892. The summed E-state index contributed by atoms with van der Waals surface area (Å²) >= 11 is 0. The molecule has 0 spiro atoms. The molecule has 0 bridgehead atoms. The van der Waals surface area contributed by atoms with Crippen molar-refractivity contribution in [2.75, 3.05) is 19.7 Å². The molecule has 11 heteroatoms. The van der Waals surface area contributed by atoms with Gasteiger partial charge in [0.1, 0.15) is 17.7 Å². The zero-order valence-corrected chi connectivity index (χ0v) is 17.8. The Labute approximate surface area is 188 Å². The summed E-state index contributed by atoms with van der Waals surface area (Å²) in [4.78, 5) is 28.9. The number of nitrogens with zero attached hydrogens (tertiary/aromatic N) is 4. The monoisotopic (exact) mass is 456 g/mol. The third-order valence-corrected chi connectivity index (χ3v) is 4.90.